The number of carbonyl (C=O) groups excluding carboxylic acids is 3. The molecule has 0 saturated carbocycles. The number of carbonyl (C=O) groups is 3. The first-order valence-electron chi connectivity index (χ1n) is 9.41. The van der Waals surface area contributed by atoms with Crippen molar-refractivity contribution in [1.82, 2.24) is 5.01 Å². The maximum absolute atomic E-state index is 12.7. The molecule has 3 aromatic rings. The largest absolute Gasteiger partial charge is 0.452 e. The topological polar surface area (TPSA) is 76.0 Å². The summed E-state index contributed by atoms with van der Waals surface area (Å²) < 4.78 is 5.20. The van der Waals surface area contributed by atoms with Crippen LogP contribution in [0.15, 0.2) is 77.2 Å². The Hall–Kier alpha value is -3.58. The van der Waals surface area contributed by atoms with Crippen molar-refractivity contribution in [2.45, 2.75) is 6.42 Å². The minimum absolute atomic E-state index is 0.138. The summed E-state index contributed by atoms with van der Waals surface area (Å²) in [7, 11) is 0. The molecule has 2 aromatic carbocycles. The Kier molecular flexibility index (Phi) is 5.81. The second-order valence-electron chi connectivity index (χ2n) is 6.61. The lowest BCUT2D eigenvalue weighted by atomic mass is 10.0. The molecule has 150 valence electrons. The van der Waals surface area contributed by atoms with Crippen molar-refractivity contribution in [2.24, 2.45) is 5.10 Å². The molecule has 7 heteroatoms. The highest BCUT2D eigenvalue weighted by molar-refractivity contribution is 7.12. The van der Waals surface area contributed by atoms with Gasteiger partial charge in [-0.2, -0.15) is 5.10 Å². The third-order valence-corrected chi connectivity index (χ3v) is 5.53. The third-order valence-electron chi connectivity index (χ3n) is 4.66. The fraction of sp³-hybridized carbons (Fsp3) is 0.130. The van der Waals surface area contributed by atoms with E-state index in [4.69, 9.17) is 4.74 Å². The van der Waals surface area contributed by atoms with Crippen LogP contribution >= 0.6 is 11.3 Å². The predicted molar refractivity (Wildman–Crippen MR) is 114 cm³/mol. The summed E-state index contributed by atoms with van der Waals surface area (Å²) in [4.78, 5) is 38.2. The van der Waals surface area contributed by atoms with Gasteiger partial charge in [-0.15, -0.1) is 11.3 Å². The summed E-state index contributed by atoms with van der Waals surface area (Å²) >= 11 is 1.30. The van der Waals surface area contributed by atoms with Gasteiger partial charge in [0, 0.05) is 12.0 Å². The van der Waals surface area contributed by atoms with E-state index in [-0.39, 0.29) is 16.9 Å². The Balaban J connectivity index is 1.42. The van der Waals surface area contributed by atoms with Gasteiger partial charge in [0.25, 0.3) is 5.91 Å². The van der Waals surface area contributed by atoms with Crippen molar-refractivity contribution in [1.29, 1.82) is 0 Å². The van der Waals surface area contributed by atoms with E-state index in [1.807, 2.05) is 30.3 Å². The maximum atomic E-state index is 12.7. The first-order chi connectivity index (χ1) is 14.6. The van der Waals surface area contributed by atoms with Crippen LogP contribution in [0.4, 0.5) is 0 Å². The van der Waals surface area contributed by atoms with Gasteiger partial charge in [0.05, 0.1) is 22.7 Å². The highest BCUT2D eigenvalue weighted by Crippen LogP contribution is 2.19. The van der Waals surface area contributed by atoms with Crippen molar-refractivity contribution in [3.8, 4) is 0 Å². The van der Waals surface area contributed by atoms with E-state index < -0.39 is 18.5 Å². The van der Waals surface area contributed by atoms with Gasteiger partial charge < -0.3 is 4.74 Å². The Morgan fingerprint density at radius 3 is 2.40 bits per heavy atom. The summed E-state index contributed by atoms with van der Waals surface area (Å²) in [6.45, 7) is -0.00000798. The van der Waals surface area contributed by atoms with Crippen molar-refractivity contribution < 1.29 is 19.1 Å². The molecule has 0 atom stereocenters. The minimum atomic E-state index is -0.713. The molecule has 1 aromatic heterocycles. The second-order valence-corrected chi connectivity index (χ2v) is 7.56. The Bertz CT molecular complexity index is 1110. The number of amides is 1. The van der Waals surface area contributed by atoms with Crippen LogP contribution in [0.3, 0.4) is 0 Å². The number of nitrogens with zero attached hydrogens (tertiary/aromatic N) is 2. The summed E-state index contributed by atoms with van der Waals surface area (Å²) in [5.41, 5.74) is 2.18. The van der Waals surface area contributed by atoms with Gasteiger partial charge >= 0.3 is 5.97 Å². The molecule has 0 spiro atoms. The van der Waals surface area contributed by atoms with Gasteiger partial charge in [0.15, 0.2) is 6.61 Å². The number of rotatable bonds is 6. The van der Waals surface area contributed by atoms with Crippen molar-refractivity contribution in [2.75, 3.05) is 13.2 Å². The molecular formula is C23H18N2O4S. The summed E-state index contributed by atoms with van der Waals surface area (Å²) in [6.07, 6.45) is 0.641. The number of esters is 1. The molecule has 0 saturated heterocycles. The van der Waals surface area contributed by atoms with Gasteiger partial charge in [-0.1, -0.05) is 54.6 Å². The lowest BCUT2D eigenvalue weighted by molar-refractivity contribution is -0.134. The zero-order chi connectivity index (χ0) is 20.9. The Morgan fingerprint density at radius 2 is 1.67 bits per heavy atom. The van der Waals surface area contributed by atoms with E-state index in [0.29, 0.717) is 17.8 Å². The number of ketones is 1. The van der Waals surface area contributed by atoms with E-state index in [0.717, 1.165) is 11.3 Å². The summed E-state index contributed by atoms with van der Waals surface area (Å²) in [6, 6.07) is 19.6. The zero-order valence-corrected chi connectivity index (χ0v) is 16.8. The highest BCUT2D eigenvalue weighted by atomic mass is 32.1. The molecule has 30 heavy (non-hydrogen) atoms. The maximum Gasteiger partial charge on any atom is 0.339 e. The highest BCUT2D eigenvalue weighted by Gasteiger charge is 2.24. The lowest BCUT2D eigenvalue weighted by Gasteiger charge is -2.12. The predicted octanol–water partition coefficient (Wildman–Crippen LogP) is 3.77. The standard InChI is InChI=1S/C23H18N2O4S/c26-21(25-13-12-19(24-25)16-7-2-1-3-8-16)15-29-23(28)18-10-5-4-9-17(18)22(27)20-11-6-14-30-20/h1-11,14H,12-13,15H2. The van der Waals surface area contributed by atoms with Crippen LogP contribution in [-0.4, -0.2) is 41.5 Å². The number of benzene rings is 2. The zero-order valence-electron chi connectivity index (χ0n) is 16.0. The van der Waals surface area contributed by atoms with Gasteiger partial charge in [-0.3, -0.25) is 9.59 Å². The van der Waals surface area contributed by atoms with Crippen LogP contribution in [0.1, 0.15) is 37.6 Å². The number of hydrogen-bond donors (Lipinski definition) is 0. The van der Waals surface area contributed by atoms with Gasteiger partial charge in [0.1, 0.15) is 0 Å². The molecule has 4 rings (SSSR count). The van der Waals surface area contributed by atoms with Crippen LogP contribution in [0.5, 0.6) is 0 Å². The second kappa shape index (κ2) is 8.84. The fourth-order valence-electron chi connectivity index (χ4n) is 3.15. The normalized spacial score (nSPS) is 13.1. The average molecular weight is 418 g/mol. The number of hydrogen-bond acceptors (Lipinski definition) is 6. The number of thiophene rings is 1. The smallest absolute Gasteiger partial charge is 0.339 e. The van der Waals surface area contributed by atoms with Crippen LogP contribution in [-0.2, 0) is 9.53 Å². The fourth-order valence-corrected chi connectivity index (χ4v) is 3.83. The van der Waals surface area contributed by atoms with Crippen LogP contribution in [0, 0.1) is 0 Å². The van der Waals surface area contributed by atoms with E-state index in [1.165, 1.54) is 22.4 Å². The first-order valence-corrected chi connectivity index (χ1v) is 10.3. The molecule has 0 fully saturated rings. The van der Waals surface area contributed by atoms with Crippen molar-refractivity contribution >= 4 is 34.7 Å². The first kappa shape index (κ1) is 19.7. The molecule has 0 aliphatic carbocycles. The van der Waals surface area contributed by atoms with Gasteiger partial charge in [0.2, 0.25) is 5.78 Å². The lowest BCUT2D eigenvalue weighted by Crippen LogP contribution is -2.29. The number of ether oxygens (including phenoxy) is 1. The molecule has 0 unspecified atom stereocenters. The molecule has 1 aliphatic rings. The molecular weight excluding hydrogens is 400 g/mol. The van der Waals surface area contributed by atoms with E-state index in [1.54, 1.807) is 35.7 Å². The summed E-state index contributed by atoms with van der Waals surface area (Å²) in [5.74, 6) is -1.37. The Labute approximate surface area is 177 Å². The Morgan fingerprint density at radius 1 is 0.933 bits per heavy atom. The third kappa shape index (κ3) is 4.21. The van der Waals surface area contributed by atoms with Crippen molar-refractivity contribution in [3.63, 3.8) is 0 Å². The van der Waals surface area contributed by atoms with Gasteiger partial charge in [-0.05, 0) is 23.1 Å². The average Bonchev–Trinajstić information content (AvgIpc) is 3.50. The van der Waals surface area contributed by atoms with Crippen LogP contribution in [0.25, 0.3) is 0 Å². The van der Waals surface area contributed by atoms with Crippen molar-refractivity contribution in [3.05, 3.63) is 93.7 Å². The molecule has 6 nitrogen and oxygen atoms in total. The SMILES string of the molecule is O=C(OCC(=O)N1CCC(c2ccccc2)=N1)c1ccccc1C(=O)c1cccs1. The van der Waals surface area contributed by atoms with E-state index >= 15 is 0 Å². The van der Waals surface area contributed by atoms with E-state index in [9.17, 15) is 14.4 Å². The molecule has 0 radical (unpaired) electrons. The van der Waals surface area contributed by atoms with E-state index in [2.05, 4.69) is 5.10 Å². The number of hydrazone groups is 1. The van der Waals surface area contributed by atoms with Crippen LogP contribution < -0.4 is 0 Å². The minimum Gasteiger partial charge on any atom is -0.452 e. The molecule has 0 N–H and O–H groups in total. The monoisotopic (exact) mass is 418 g/mol. The molecule has 0 bridgehead atoms. The molecule has 2 heterocycles. The van der Waals surface area contributed by atoms with Gasteiger partial charge in [-0.25, -0.2) is 9.80 Å². The molecule has 1 aliphatic heterocycles. The quantitative estimate of drug-likeness (QED) is 0.451. The molecule has 1 amide bonds. The summed E-state index contributed by atoms with van der Waals surface area (Å²) in [5, 5.41) is 7.46. The van der Waals surface area contributed by atoms with Crippen LogP contribution in [0.2, 0.25) is 0 Å².